The molecular weight excluding hydrogens is 477 g/mol. The highest BCUT2D eigenvalue weighted by Gasteiger charge is 2.22. The summed E-state index contributed by atoms with van der Waals surface area (Å²) >= 11 is 5.54. The Hall–Kier alpha value is -2.26. The molecule has 0 bridgehead atoms. The van der Waals surface area contributed by atoms with Gasteiger partial charge in [-0.3, -0.25) is 0 Å². The lowest BCUT2D eigenvalue weighted by molar-refractivity contribution is 0.310. The smallest absolute Gasteiger partial charge is 0.145 e. The fourth-order valence-corrected chi connectivity index (χ4v) is 5.58. The van der Waals surface area contributed by atoms with Crippen LogP contribution in [0.2, 0.25) is 5.02 Å². The zero-order valence-corrected chi connectivity index (χ0v) is 21.9. The van der Waals surface area contributed by atoms with E-state index in [4.69, 9.17) is 11.6 Å². The Balaban J connectivity index is 1.23. The molecule has 192 valence electrons. The lowest BCUT2D eigenvalue weighted by Crippen LogP contribution is -2.14. The van der Waals surface area contributed by atoms with Crippen molar-refractivity contribution in [2.75, 3.05) is 0 Å². The summed E-state index contributed by atoms with van der Waals surface area (Å²) in [5, 5.41) is -0.501. The molecule has 1 aliphatic rings. The van der Waals surface area contributed by atoms with E-state index in [0.29, 0.717) is 35.8 Å². The second-order valence-electron chi connectivity index (χ2n) is 10.4. The van der Waals surface area contributed by atoms with Crippen LogP contribution in [0.5, 0.6) is 0 Å². The fraction of sp³-hybridized carbons (Fsp3) is 0.438. The van der Waals surface area contributed by atoms with E-state index < -0.39 is 16.7 Å². The fourth-order valence-electron chi connectivity index (χ4n) is 5.47. The topological polar surface area (TPSA) is 0 Å². The summed E-state index contributed by atoms with van der Waals surface area (Å²) in [6.07, 6.45) is 11.3. The van der Waals surface area contributed by atoms with E-state index in [1.54, 1.807) is 6.07 Å². The average molecular weight is 513 g/mol. The van der Waals surface area contributed by atoms with Gasteiger partial charge < -0.3 is 0 Å². The highest BCUT2D eigenvalue weighted by atomic mass is 35.5. The summed E-state index contributed by atoms with van der Waals surface area (Å²) in [6.45, 7) is 2.23. The Bertz CT molecular complexity index is 1110. The van der Waals surface area contributed by atoms with Crippen molar-refractivity contribution < 1.29 is 13.2 Å². The first-order chi connectivity index (χ1) is 17.4. The first-order valence-electron chi connectivity index (χ1n) is 13.4. The van der Waals surface area contributed by atoms with Crippen molar-refractivity contribution in [3.05, 3.63) is 105 Å². The predicted molar refractivity (Wildman–Crippen MR) is 143 cm³/mol. The van der Waals surface area contributed by atoms with Crippen molar-refractivity contribution in [3.63, 3.8) is 0 Å². The molecule has 1 aliphatic carbocycles. The number of aryl methyl sites for hydroxylation is 4. The average Bonchev–Trinajstić information content (AvgIpc) is 2.89. The molecule has 3 aromatic rings. The van der Waals surface area contributed by atoms with E-state index in [1.165, 1.54) is 68.2 Å². The van der Waals surface area contributed by atoms with Crippen molar-refractivity contribution >= 4 is 11.6 Å². The van der Waals surface area contributed by atoms with Crippen LogP contribution < -0.4 is 0 Å². The van der Waals surface area contributed by atoms with Crippen molar-refractivity contribution in [2.45, 2.75) is 83.5 Å². The van der Waals surface area contributed by atoms with Gasteiger partial charge in [-0.15, -0.1) is 0 Å². The highest BCUT2D eigenvalue weighted by Crippen LogP contribution is 2.37. The molecule has 1 fully saturated rings. The normalized spacial score (nSPS) is 17.9. The SMILES string of the molecule is CCCCc1ccc([C@H]2CC[C@H](CCc3ccc(CCc4cc(F)c(Cl)c(F)c4)c(F)c3)CC2)cc1. The Morgan fingerprint density at radius 1 is 0.694 bits per heavy atom. The molecule has 0 saturated heterocycles. The zero-order valence-electron chi connectivity index (χ0n) is 21.1. The molecule has 0 aliphatic heterocycles. The van der Waals surface area contributed by atoms with Crippen molar-refractivity contribution in [3.8, 4) is 0 Å². The molecule has 0 nitrogen and oxygen atoms in total. The summed E-state index contributed by atoms with van der Waals surface area (Å²) in [5.41, 5.74) is 4.98. The van der Waals surface area contributed by atoms with Crippen LogP contribution in [0.15, 0.2) is 54.6 Å². The summed E-state index contributed by atoms with van der Waals surface area (Å²) in [4.78, 5) is 0. The van der Waals surface area contributed by atoms with Gasteiger partial charge in [-0.05, 0) is 122 Å². The Labute approximate surface area is 218 Å². The molecule has 0 spiro atoms. The van der Waals surface area contributed by atoms with Crippen LogP contribution >= 0.6 is 11.6 Å². The van der Waals surface area contributed by atoms with E-state index in [9.17, 15) is 13.2 Å². The standard InChI is InChI=1S/C32H36ClF3/c1-2-3-4-22-7-13-26(14-8-22)27-15-9-23(10-16-27)5-6-24-11-17-28(29(34)19-24)18-12-25-20-30(35)32(33)31(36)21-25/h7-8,11,13-14,17,19-21,23,27H,2-6,9-10,12,15-16,18H2,1H3/t23-,27-. The van der Waals surface area contributed by atoms with Crippen LogP contribution in [0.3, 0.4) is 0 Å². The molecule has 0 N–H and O–H groups in total. The van der Waals surface area contributed by atoms with Gasteiger partial charge in [-0.25, -0.2) is 13.2 Å². The summed E-state index contributed by atoms with van der Waals surface area (Å²) < 4.78 is 42.0. The predicted octanol–water partition coefficient (Wildman–Crippen LogP) is 9.79. The summed E-state index contributed by atoms with van der Waals surface area (Å²) in [5.74, 6) is -0.439. The van der Waals surface area contributed by atoms with Gasteiger partial charge in [0, 0.05) is 0 Å². The van der Waals surface area contributed by atoms with E-state index in [0.717, 1.165) is 18.4 Å². The molecule has 1 saturated carbocycles. The maximum atomic E-state index is 14.7. The molecular formula is C32H36ClF3. The van der Waals surface area contributed by atoms with Gasteiger partial charge >= 0.3 is 0 Å². The number of hydrogen-bond donors (Lipinski definition) is 0. The lowest BCUT2D eigenvalue weighted by Gasteiger charge is -2.29. The van der Waals surface area contributed by atoms with Crippen molar-refractivity contribution in [1.82, 2.24) is 0 Å². The molecule has 4 rings (SSSR count). The third-order valence-corrected chi connectivity index (χ3v) is 8.16. The number of hydrogen-bond acceptors (Lipinski definition) is 0. The minimum atomic E-state index is -0.781. The third kappa shape index (κ3) is 7.16. The van der Waals surface area contributed by atoms with Crippen LogP contribution in [0, 0.1) is 23.4 Å². The Morgan fingerprint density at radius 2 is 1.33 bits per heavy atom. The van der Waals surface area contributed by atoms with Crippen LogP contribution in [0.25, 0.3) is 0 Å². The Morgan fingerprint density at radius 3 is 1.97 bits per heavy atom. The molecule has 0 amide bonds. The zero-order chi connectivity index (χ0) is 25.5. The largest absolute Gasteiger partial charge is 0.207 e. The van der Waals surface area contributed by atoms with Gasteiger partial charge in [0.25, 0.3) is 0 Å². The van der Waals surface area contributed by atoms with Gasteiger partial charge in [0.2, 0.25) is 0 Å². The second-order valence-corrected chi connectivity index (χ2v) is 10.8. The third-order valence-electron chi connectivity index (χ3n) is 7.80. The molecule has 0 atom stereocenters. The number of unbranched alkanes of at least 4 members (excludes halogenated alkanes) is 1. The Kier molecular flexibility index (Phi) is 9.53. The summed E-state index contributed by atoms with van der Waals surface area (Å²) in [7, 11) is 0. The lowest BCUT2D eigenvalue weighted by atomic mass is 9.76. The molecule has 0 unspecified atom stereocenters. The van der Waals surface area contributed by atoms with E-state index in [-0.39, 0.29) is 5.82 Å². The number of rotatable bonds is 10. The first kappa shape index (κ1) is 26.8. The van der Waals surface area contributed by atoms with Gasteiger partial charge in [-0.1, -0.05) is 61.3 Å². The highest BCUT2D eigenvalue weighted by molar-refractivity contribution is 6.30. The first-order valence-corrected chi connectivity index (χ1v) is 13.8. The quantitative estimate of drug-likeness (QED) is 0.237. The number of benzene rings is 3. The monoisotopic (exact) mass is 512 g/mol. The maximum absolute atomic E-state index is 14.7. The molecule has 36 heavy (non-hydrogen) atoms. The number of halogens is 4. The van der Waals surface area contributed by atoms with Crippen molar-refractivity contribution in [1.29, 1.82) is 0 Å². The second kappa shape index (κ2) is 12.8. The molecule has 0 aromatic heterocycles. The summed E-state index contributed by atoms with van der Waals surface area (Å²) in [6, 6.07) is 17.2. The van der Waals surface area contributed by atoms with Gasteiger partial charge in [-0.2, -0.15) is 0 Å². The van der Waals surface area contributed by atoms with Crippen LogP contribution in [-0.4, -0.2) is 0 Å². The van der Waals surface area contributed by atoms with Gasteiger partial charge in [0.1, 0.15) is 22.5 Å². The van der Waals surface area contributed by atoms with Gasteiger partial charge in [0.05, 0.1) is 0 Å². The van der Waals surface area contributed by atoms with E-state index in [2.05, 4.69) is 31.2 Å². The minimum Gasteiger partial charge on any atom is -0.207 e. The molecule has 0 heterocycles. The van der Waals surface area contributed by atoms with Crippen molar-refractivity contribution in [2.24, 2.45) is 5.92 Å². The van der Waals surface area contributed by atoms with E-state index >= 15 is 0 Å². The van der Waals surface area contributed by atoms with Crippen LogP contribution in [0.4, 0.5) is 13.2 Å². The maximum Gasteiger partial charge on any atom is 0.145 e. The van der Waals surface area contributed by atoms with Crippen LogP contribution in [0.1, 0.15) is 85.6 Å². The molecule has 0 radical (unpaired) electrons. The molecule has 4 heteroatoms. The van der Waals surface area contributed by atoms with E-state index in [1.807, 2.05) is 12.1 Å². The molecule has 3 aromatic carbocycles. The van der Waals surface area contributed by atoms with Crippen LogP contribution in [-0.2, 0) is 25.7 Å². The van der Waals surface area contributed by atoms with Gasteiger partial charge in [0.15, 0.2) is 0 Å². The minimum absolute atomic E-state index is 0.242.